The van der Waals surface area contributed by atoms with Crippen molar-refractivity contribution in [2.75, 3.05) is 6.54 Å². The monoisotopic (exact) mass is 274 g/mol. The van der Waals surface area contributed by atoms with Crippen molar-refractivity contribution in [3.05, 3.63) is 58.3 Å². The van der Waals surface area contributed by atoms with Gasteiger partial charge in [0.05, 0.1) is 0 Å². The summed E-state index contributed by atoms with van der Waals surface area (Å²) in [5, 5.41) is 3.49. The SMILES string of the molecule is NCCC1=CC2=CC(Cl)=CCC23C(=O)NC=CC3=C1. The Balaban J connectivity index is 2.16. The summed E-state index contributed by atoms with van der Waals surface area (Å²) in [4.78, 5) is 12.4. The summed E-state index contributed by atoms with van der Waals surface area (Å²) in [5.74, 6) is 0.0102. The Morgan fingerprint density at radius 3 is 2.95 bits per heavy atom. The minimum atomic E-state index is -0.606. The Hall–Kier alpha value is -1.58. The first kappa shape index (κ1) is 12.5. The molecule has 3 rings (SSSR count). The molecule has 0 fully saturated rings. The predicted octanol–water partition coefficient (Wildman–Crippen LogP) is 2.28. The largest absolute Gasteiger partial charge is 0.332 e. The standard InChI is InChI=1S/C15H15ClN2O/c16-13-1-4-15-11(3-6-18-14(15)19)7-10(2-5-17)8-12(15)9-13/h1,3,6-9H,2,4-5,17H2,(H,18,19). The van der Waals surface area contributed by atoms with Gasteiger partial charge >= 0.3 is 0 Å². The third-order valence-corrected chi connectivity index (χ3v) is 4.13. The average Bonchev–Trinajstić information content (AvgIpc) is 2.38. The maximum atomic E-state index is 12.4. The summed E-state index contributed by atoms with van der Waals surface area (Å²) in [7, 11) is 0. The molecule has 1 unspecified atom stereocenters. The van der Waals surface area contributed by atoms with E-state index in [4.69, 9.17) is 17.3 Å². The maximum absolute atomic E-state index is 12.4. The molecule has 0 aromatic rings. The molecule has 1 spiro atoms. The van der Waals surface area contributed by atoms with E-state index in [1.54, 1.807) is 6.20 Å². The number of allylic oxidation sites excluding steroid dienone is 6. The van der Waals surface area contributed by atoms with E-state index in [2.05, 4.69) is 11.4 Å². The lowest BCUT2D eigenvalue weighted by Crippen LogP contribution is -2.45. The van der Waals surface area contributed by atoms with E-state index < -0.39 is 5.41 Å². The Kier molecular flexibility index (Phi) is 2.96. The molecule has 2 aliphatic carbocycles. The number of rotatable bonds is 2. The van der Waals surface area contributed by atoms with Gasteiger partial charge in [-0.2, -0.15) is 0 Å². The lowest BCUT2D eigenvalue weighted by Gasteiger charge is -2.40. The molecule has 0 saturated heterocycles. The van der Waals surface area contributed by atoms with Gasteiger partial charge in [0.15, 0.2) is 0 Å². The molecule has 3 nitrogen and oxygen atoms in total. The summed E-state index contributed by atoms with van der Waals surface area (Å²) in [6.07, 6.45) is 13.0. The third kappa shape index (κ3) is 1.81. The van der Waals surface area contributed by atoms with Crippen molar-refractivity contribution in [3.8, 4) is 0 Å². The molecule has 3 aliphatic rings. The maximum Gasteiger partial charge on any atom is 0.239 e. The van der Waals surface area contributed by atoms with Crippen molar-refractivity contribution >= 4 is 17.5 Å². The van der Waals surface area contributed by atoms with Crippen LogP contribution in [0.3, 0.4) is 0 Å². The number of amides is 1. The summed E-state index contributed by atoms with van der Waals surface area (Å²) in [6, 6.07) is 0. The Morgan fingerprint density at radius 1 is 1.32 bits per heavy atom. The lowest BCUT2D eigenvalue weighted by atomic mass is 9.64. The van der Waals surface area contributed by atoms with Gasteiger partial charge < -0.3 is 11.1 Å². The van der Waals surface area contributed by atoms with E-state index >= 15 is 0 Å². The molecule has 3 N–H and O–H groups in total. The minimum Gasteiger partial charge on any atom is -0.332 e. The van der Waals surface area contributed by atoms with Gasteiger partial charge in [-0.05, 0) is 48.3 Å². The van der Waals surface area contributed by atoms with Gasteiger partial charge in [-0.15, -0.1) is 0 Å². The number of hydrogen-bond acceptors (Lipinski definition) is 2. The highest BCUT2D eigenvalue weighted by Gasteiger charge is 2.47. The molecule has 1 aliphatic heterocycles. The molecule has 1 amide bonds. The van der Waals surface area contributed by atoms with E-state index in [1.165, 1.54) is 0 Å². The van der Waals surface area contributed by atoms with Crippen molar-refractivity contribution in [3.63, 3.8) is 0 Å². The minimum absolute atomic E-state index is 0.0102. The van der Waals surface area contributed by atoms with E-state index in [1.807, 2.05) is 24.3 Å². The molecule has 0 aromatic heterocycles. The van der Waals surface area contributed by atoms with E-state index in [0.717, 1.165) is 23.1 Å². The van der Waals surface area contributed by atoms with Crippen LogP contribution in [0.25, 0.3) is 0 Å². The number of nitrogens with two attached hydrogens (primary N) is 1. The molecule has 1 atom stereocenters. The zero-order valence-electron chi connectivity index (χ0n) is 10.4. The van der Waals surface area contributed by atoms with Crippen LogP contribution >= 0.6 is 11.6 Å². The molecule has 0 saturated carbocycles. The van der Waals surface area contributed by atoms with Crippen LogP contribution in [-0.2, 0) is 4.79 Å². The van der Waals surface area contributed by atoms with Crippen LogP contribution in [0.15, 0.2) is 58.3 Å². The molecule has 19 heavy (non-hydrogen) atoms. The number of carbonyl (C=O) groups is 1. The predicted molar refractivity (Wildman–Crippen MR) is 76.2 cm³/mol. The lowest BCUT2D eigenvalue weighted by molar-refractivity contribution is -0.126. The molecule has 4 heteroatoms. The second-order valence-corrected chi connectivity index (χ2v) is 5.40. The summed E-state index contributed by atoms with van der Waals surface area (Å²) in [6.45, 7) is 0.593. The second kappa shape index (κ2) is 4.51. The number of carbonyl (C=O) groups excluding carboxylic acids is 1. The number of halogens is 1. The Morgan fingerprint density at radius 2 is 2.16 bits per heavy atom. The fourth-order valence-corrected chi connectivity index (χ4v) is 3.09. The molecular formula is C15H15ClN2O. The van der Waals surface area contributed by atoms with Crippen LogP contribution in [0.4, 0.5) is 0 Å². The highest BCUT2D eigenvalue weighted by atomic mass is 35.5. The second-order valence-electron chi connectivity index (χ2n) is 4.96. The molecule has 1 heterocycles. The molecule has 0 aromatic carbocycles. The summed E-state index contributed by atoms with van der Waals surface area (Å²) >= 11 is 6.10. The van der Waals surface area contributed by atoms with E-state index in [0.29, 0.717) is 18.0 Å². The smallest absolute Gasteiger partial charge is 0.239 e. The first-order valence-corrected chi connectivity index (χ1v) is 6.73. The van der Waals surface area contributed by atoms with Crippen LogP contribution < -0.4 is 11.1 Å². The Labute approximate surface area is 117 Å². The fourth-order valence-electron chi connectivity index (χ4n) is 2.90. The summed E-state index contributed by atoms with van der Waals surface area (Å²) < 4.78 is 0. The molecule has 0 radical (unpaired) electrons. The zero-order chi connectivity index (χ0) is 13.5. The van der Waals surface area contributed by atoms with Crippen LogP contribution in [-0.4, -0.2) is 12.5 Å². The van der Waals surface area contributed by atoms with Crippen molar-refractivity contribution in [1.82, 2.24) is 5.32 Å². The van der Waals surface area contributed by atoms with Gasteiger partial charge in [0, 0.05) is 11.2 Å². The topological polar surface area (TPSA) is 55.1 Å². The van der Waals surface area contributed by atoms with Gasteiger partial charge in [0.2, 0.25) is 5.91 Å². The van der Waals surface area contributed by atoms with E-state index in [9.17, 15) is 4.79 Å². The molecule has 0 bridgehead atoms. The fraction of sp³-hybridized carbons (Fsp3) is 0.267. The van der Waals surface area contributed by atoms with Crippen LogP contribution in [0.1, 0.15) is 12.8 Å². The highest BCUT2D eigenvalue weighted by molar-refractivity contribution is 6.31. The Bertz CT molecular complexity index is 595. The summed E-state index contributed by atoms with van der Waals surface area (Å²) in [5.41, 5.74) is 8.14. The van der Waals surface area contributed by atoms with Crippen molar-refractivity contribution < 1.29 is 4.79 Å². The average molecular weight is 275 g/mol. The van der Waals surface area contributed by atoms with Crippen LogP contribution in [0.5, 0.6) is 0 Å². The first-order valence-electron chi connectivity index (χ1n) is 6.35. The normalized spacial score (nSPS) is 28.4. The quantitative estimate of drug-likeness (QED) is 0.812. The van der Waals surface area contributed by atoms with Crippen LogP contribution in [0.2, 0.25) is 0 Å². The zero-order valence-corrected chi connectivity index (χ0v) is 11.2. The van der Waals surface area contributed by atoms with Crippen molar-refractivity contribution in [2.24, 2.45) is 11.1 Å². The highest BCUT2D eigenvalue weighted by Crippen LogP contribution is 2.49. The first-order chi connectivity index (χ1) is 9.16. The number of nitrogens with one attached hydrogen (secondary N) is 1. The van der Waals surface area contributed by atoms with Crippen LogP contribution in [0, 0.1) is 5.41 Å². The van der Waals surface area contributed by atoms with Crippen molar-refractivity contribution in [2.45, 2.75) is 12.8 Å². The number of hydrogen-bond donors (Lipinski definition) is 2. The third-order valence-electron chi connectivity index (χ3n) is 3.86. The molecule has 98 valence electrons. The van der Waals surface area contributed by atoms with Gasteiger partial charge in [0.1, 0.15) is 5.41 Å². The van der Waals surface area contributed by atoms with Gasteiger partial charge in [0.25, 0.3) is 0 Å². The molecular weight excluding hydrogens is 260 g/mol. The van der Waals surface area contributed by atoms with E-state index in [-0.39, 0.29) is 5.91 Å². The van der Waals surface area contributed by atoms with Gasteiger partial charge in [-0.3, -0.25) is 4.79 Å². The van der Waals surface area contributed by atoms with Gasteiger partial charge in [-0.25, -0.2) is 0 Å². The van der Waals surface area contributed by atoms with Gasteiger partial charge in [-0.1, -0.05) is 29.8 Å². The van der Waals surface area contributed by atoms with Crippen molar-refractivity contribution in [1.29, 1.82) is 0 Å².